The Morgan fingerprint density at radius 2 is 1.72 bits per heavy atom. The number of para-hydroxylation sites is 1. The lowest BCUT2D eigenvalue weighted by Gasteiger charge is -2.41. The van der Waals surface area contributed by atoms with Crippen LogP contribution >= 0.6 is 11.6 Å². The number of hydrogen-bond acceptors (Lipinski definition) is 4. The molecule has 3 aliphatic heterocycles. The van der Waals surface area contributed by atoms with Gasteiger partial charge in [-0.05, 0) is 74.5 Å². The number of carbonyl (C=O) groups is 1. The Morgan fingerprint density at radius 1 is 0.969 bits per heavy atom. The lowest BCUT2D eigenvalue weighted by Crippen LogP contribution is -2.41. The number of nitrogens with zero attached hydrogens (tertiary/aromatic N) is 2. The Kier molecular flexibility index (Phi) is 7.71. The molecule has 2 aromatic carbocycles. The monoisotopic (exact) mass is 456 g/mol. The Hall–Kier alpha value is -2.08. The van der Waals surface area contributed by atoms with Crippen LogP contribution in [0.15, 0.2) is 48.5 Å². The van der Waals surface area contributed by atoms with Gasteiger partial charge in [0.2, 0.25) is 0 Å². The summed E-state index contributed by atoms with van der Waals surface area (Å²) in [7, 11) is 0. The minimum Gasteiger partial charge on any atom is -0.491 e. The lowest BCUT2D eigenvalue weighted by atomic mass is 9.75. The van der Waals surface area contributed by atoms with Crippen LogP contribution in [-0.2, 0) is 6.54 Å². The van der Waals surface area contributed by atoms with E-state index in [1.807, 2.05) is 17.0 Å². The molecular weight excluding hydrogens is 424 g/mol. The molecule has 0 saturated carbocycles. The number of carbonyl (C=O) groups excluding carboxylic acids is 1. The van der Waals surface area contributed by atoms with Crippen molar-refractivity contribution in [3.63, 3.8) is 0 Å². The summed E-state index contributed by atoms with van der Waals surface area (Å²) in [5.74, 6) is 0.895. The molecule has 172 valence electrons. The van der Waals surface area contributed by atoms with Crippen LogP contribution in [0.2, 0.25) is 5.02 Å². The SMILES string of the molecule is O=C(c1ccc(Cl)cc1)N1CCCCC2(CO)CCN(CC2)Cc2ccccc2OCC1. The molecule has 1 saturated heterocycles. The number of ether oxygens (including phenoxy) is 1. The predicted molar refractivity (Wildman–Crippen MR) is 127 cm³/mol. The van der Waals surface area contributed by atoms with Crippen LogP contribution in [0, 0.1) is 5.41 Å². The van der Waals surface area contributed by atoms with Gasteiger partial charge in [-0.3, -0.25) is 9.69 Å². The summed E-state index contributed by atoms with van der Waals surface area (Å²) in [4.78, 5) is 17.5. The van der Waals surface area contributed by atoms with Gasteiger partial charge in [-0.15, -0.1) is 0 Å². The molecule has 1 fully saturated rings. The number of amides is 1. The molecule has 3 heterocycles. The molecule has 32 heavy (non-hydrogen) atoms. The highest BCUT2D eigenvalue weighted by Crippen LogP contribution is 2.37. The average Bonchev–Trinajstić information content (AvgIpc) is 2.83. The first-order valence-corrected chi connectivity index (χ1v) is 12.1. The van der Waals surface area contributed by atoms with Crippen LogP contribution in [0.25, 0.3) is 0 Å². The standard InChI is InChI=1S/C26H33ClN2O3/c27-23-9-7-21(8-10-23)25(31)29-14-4-3-11-26(20-30)12-15-28(16-13-26)19-22-5-1-2-6-24(22)32-18-17-29/h1-2,5-10,30H,3-4,11-20H2. The van der Waals surface area contributed by atoms with Crippen molar-refractivity contribution in [2.75, 3.05) is 39.4 Å². The third-order valence-corrected chi connectivity index (χ3v) is 7.25. The second kappa shape index (κ2) is 10.7. The van der Waals surface area contributed by atoms with Gasteiger partial charge in [-0.2, -0.15) is 0 Å². The molecule has 2 bridgehead atoms. The first-order valence-electron chi connectivity index (χ1n) is 11.7. The number of hydrogen-bond donors (Lipinski definition) is 1. The van der Waals surface area contributed by atoms with E-state index in [2.05, 4.69) is 17.0 Å². The van der Waals surface area contributed by atoms with Crippen LogP contribution in [0.5, 0.6) is 5.75 Å². The molecule has 1 N–H and O–H groups in total. The Labute approximate surface area is 195 Å². The van der Waals surface area contributed by atoms with Crippen molar-refractivity contribution in [2.45, 2.75) is 38.6 Å². The molecule has 5 nitrogen and oxygen atoms in total. The van der Waals surface area contributed by atoms with Gasteiger partial charge in [0.25, 0.3) is 5.91 Å². The first kappa shape index (κ1) is 23.1. The number of fused-ring (bicyclic) bond motifs is 9. The van der Waals surface area contributed by atoms with Crippen molar-refractivity contribution in [1.29, 1.82) is 0 Å². The van der Waals surface area contributed by atoms with Crippen LogP contribution in [0.4, 0.5) is 0 Å². The fourth-order valence-electron chi connectivity index (χ4n) is 4.85. The van der Waals surface area contributed by atoms with Gasteiger partial charge in [0.15, 0.2) is 0 Å². The molecule has 1 amide bonds. The zero-order chi connectivity index (χ0) is 22.4. The summed E-state index contributed by atoms with van der Waals surface area (Å²) < 4.78 is 6.16. The third-order valence-electron chi connectivity index (χ3n) is 7.00. The topological polar surface area (TPSA) is 53.0 Å². The Morgan fingerprint density at radius 3 is 2.47 bits per heavy atom. The first-order chi connectivity index (χ1) is 15.6. The maximum absolute atomic E-state index is 13.2. The molecule has 0 spiro atoms. The Bertz CT molecular complexity index is 894. The van der Waals surface area contributed by atoms with Gasteiger partial charge in [0.05, 0.1) is 6.54 Å². The number of piperidine rings is 1. The lowest BCUT2D eigenvalue weighted by molar-refractivity contribution is 0.0319. The minimum absolute atomic E-state index is 0.00628. The van der Waals surface area contributed by atoms with Gasteiger partial charge >= 0.3 is 0 Å². The summed E-state index contributed by atoms with van der Waals surface area (Å²) in [6, 6.07) is 15.3. The average molecular weight is 457 g/mol. The van der Waals surface area contributed by atoms with E-state index in [4.69, 9.17) is 16.3 Å². The van der Waals surface area contributed by atoms with Gasteiger partial charge < -0.3 is 14.7 Å². The van der Waals surface area contributed by atoms with Crippen LogP contribution in [-0.4, -0.2) is 60.2 Å². The van der Waals surface area contributed by atoms with E-state index in [-0.39, 0.29) is 17.9 Å². The van der Waals surface area contributed by atoms with Crippen molar-refractivity contribution >= 4 is 17.5 Å². The summed E-state index contributed by atoms with van der Waals surface area (Å²) in [5.41, 5.74) is 1.83. The van der Waals surface area contributed by atoms with Gasteiger partial charge in [-0.25, -0.2) is 0 Å². The van der Waals surface area contributed by atoms with E-state index in [1.165, 1.54) is 5.56 Å². The van der Waals surface area contributed by atoms with Crippen molar-refractivity contribution in [2.24, 2.45) is 5.41 Å². The van der Waals surface area contributed by atoms with Crippen molar-refractivity contribution < 1.29 is 14.6 Å². The second-order valence-corrected chi connectivity index (χ2v) is 9.58. The molecular formula is C26H33ClN2O3. The molecule has 0 aliphatic carbocycles. The summed E-state index contributed by atoms with van der Waals surface area (Å²) in [6.45, 7) is 4.76. The van der Waals surface area contributed by atoms with E-state index < -0.39 is 0 Å². The summed E-state index contributed by atoms with van der Waals surface area (Å²) in [6.07, 6.45) is 4.96. The summed E-state index contributed by atoms with van der Waals surface area (Å²) in [5, 5.41) is 10.8. The quantitative estimate of drug-likeness (QED) is 0.716. The van der Waals surface area contributed by atoms with Crippen LogP contribution in [0.1, 0.15) is 48.0 Å². The number of rotatable bonds is 2. The van der Waals surface area contributed by atoms with E-state index in [1.54, 1.807) is 24.3 Å². The van der Waals surface area contributed by atoms with Crippen LogP contribution in [0.3, 0.4) is 0 Å². The third kappa shape index (κ3) is 5.64. The largest absolute Gasteiger partial charge is 0.491 e. The fourth-order valence-corrected chi connectivity index (χ4v) is 4.97. The maximum atomic E-state index is 13.2. The van der Waals surface area contributed by atoms with Crippen LogP contribution < -0.4 is 4.74 Å². The van der Waals surface area contributed by atoms with Crippen molar-refractivity contribution in [1.82, 2.24) is 9.80 Å². The normalized spacial score (nSPS) is 24.7. The zero-order valence-electron chi connectivity index (χ0n) is 18.6. The highest BCUT2D eigenvalue weighted by Gasteiger charge is 2.34. The van der Waals surface area contributed by atoms with Gasteiger partial charge in [0, 0.05) is 35.8 Å². The van der Waals surface area contributed by atoms with Crippen molar-refractivity contribution in [3.8, 4) is 5.75 Å². The molecule has 0 unspecified atom stereocenters. The Balaban J connectivity index is 1.53. The number of benzene rings is 2. The number of halogens is 1. The van der Waals surface area contributed by atoms with E-state index >= 15 is 0 Å². The highest BCUT2D eigenvalue weighted by atomic mass is 35.5. The van der Waals surface area contributed by atoms with E-state index in [0.29, 0.717) is 30.3 Å². The summed E-state index contributed by atoms with van der Waals surface area (Å²) >= 11 is 6.00. The second-order valence-electron chi connectivity index (χ2n) is 9.15. The number of aliphatic hydroxyl groups excluding tert-OH is 1. The van der Waals surface area contributed by atoms with E-state index in [0.717, 1.165) is 57.5 Å². The molecule has 2 aromatic rings. The predicted octanol–water partition coefficient (Wildman–Crippen LogP) is 4.62. The maximum Gasteiger partial charge on any atom is 0.253 e. The molecule has 0 aromatic heterocycles. The smallest absolute Gasteiger partial charge is 0.253 e. The zero-order valence-corrected chi connectivity index (χ0v) is 19.4. The minimum atomic E-state index is 0.00628. The number of aliphatic hydroxyl groups is 1. The highest BCUT2D eigenvalue weighted by molar-refractivity contribution is 6.30. The van der Waals surface area contributed by atoms with E-state index in [9.17, 15) is 9.90 Å². The molecule has 0 radical (unpaired) electrons. The molecule has 6 heteroatoms. The molecule has 3 aliphatic rings. The van der Waals surface area contributed by atoms with Crippen molar-refractivity contribution in [3.05, 3.63) is 64.7 Å². The van der Waals surface area contributed by atoms with Gasteiger partial charge in [-0.1, -0.05) is 36.2 Å². The molecule has 5 rings (SSSR count). The van der Waals surface area contributed by atoms with Gasteiger partial charge in [0.1, 0.15) is 12.4 Å². The molecule has 0 atom stereocenters. The fraction of sp³-hybridized carbons (Fsp3) is 0.500.